The smallest absolute Gasteiger partial charge is 0.144 e. The molecule has 0 amide bonds. The van der Waals surface area contributed by atoms with Gasteiger partial charge in [0, 0.05) is 23.3 Å². The molecular weight excluding hydrogens is 342 g/mol. The summed E-state index contributed by atoms with van der Waals surface area (Å²) in [7, 11) is 0. The van der Waals surface area contributed by atoms with Crippen LogP contribution in [0.25, 0.3) is 0 Å². The molecule has 0 aliphatic heterocycles. The predicted octanol–water partition coefficient (Wildman–Crippen LogP) is 4.47. The van der Waals surface area contributed by atoms with Crippen molar-refractivity contribution in [1.29, 1.82) is 5.41 Å². The third-order valence-corrected chi connectivity index (χ3v) is 4.25. The molecule has 0 spiro atoms. The van der Waals surface area contributed by atoms with E-state index < -0.39 is 0 Å². The Kier molecular flexibility index (Phi) is 5.86. The normalized spacial score (nSPS) is 10.4. The molecule has 2 aromatic carbocycles. The lowest BCUT2D eigenvalue weighted by Crippen LogP contribution is -2.11. The minimum atomic E-state index is 0.613. The maximum absolute atomic E-state index is 7.76. The van der Waals surface area contributed by atoms with Gasteiger partial charge in [0.1, 0.15) is 18.0 Å². The fourth-order valence-corrected chi connectivity index (χ4v) is 2.77. The summed E-state index contributed by atoms with van der Waals surface area (Å²) in [6, 6.07) is 16.1. The molecule has 3 N–H and O–H groups in total. The Bertz CT molecular complexity index is 893. The largest absolute Gasteiger partial charge is 0.369 e. The van der Waals surface area contributed by atoms with Crippen molar-refractivity contribution in [3.8, 4) is 0 Å². The van der Waals surface area contributed by atoms with Crippen molar-refractivity contribution in [1.82, 2.24) is 9.97 Å². The van der Waals surface area contributed by atoms with Gasteiger partial charge in [-0.1, -0.05) is 24.3 Å². The van der Waals surface area contributed by atoms with E-state index in [-0.39, 0.29) is 0 Å². The SMILES string of the molecule is Cc1cccc(Nc2ncnc(NCCc3ccc(S)cc3)c2C=N)c1. The molecule has 3 aromatic rings. The number of rotatable bonds is 7. The molecule has 1 heterocycles. The summed E-state index contributed by atoms with van der Waals surface area (Å²) >= 11 is 4.30. The van der Waals surface area contributed by atoms with Crippen LogP contribution in [0.3, 0.4) is 0 Å². The standard InChI is InChI=1S/C20H21N5S/c1-14-3-2-4-16(11-14)25-20-18(12-21)19(23-13-24-20)22-10-9-15-5-7-17(26)8-6-15/h2-8,11-13,21,26H,9-10H2,1H3,(H2,22,23,24,25). The van der Waals surface area contributed by atoms with Crippen molar-refractivity contribution in [2.45, 2.75) is 18.2 Å². The third-order valence-electron chi connectivity index (χ3n) is 3.95. The van der Waals surface area contributed by atoms with Gasteiger partial charge in [-0.3, -0.25) is 0 Å². The van der Waals surface area contributed by atoms with Crippen LogP contribution in [-0.2, 0) is 6.42 Å². The van der Waals surface area contributed by atoms with Crippen LogP contribution in [0.2, 0.25) is 0 Å². The van der Waals surface area contributed by atoms with Crippen LogP contribution in [0.4, 0.5) is 17.3 Å². The zero-order chi connectivity index (χ0) is 18.4. The number of hydrogen-bond donors (Lipinski definition) is 4. The number of aryl methyl sites for hydroxylation is 1. The summed E-state index contributed by atoms with van der Waals surface area (Å²) in [5, 5.41) is 14.3. The molecule has 132 valence electrons. The first-order valence-corrected chi connectivity index (χ1v) is 8.81. The molecule has 0 aliphatic carbocycles. The Labute approximate surface area is 158 Å². The van der Waals surface area contributed by atoms with E-state index in [2.05, 4.69) is 45.4 Å². The van der Waals surface area contributed by atoms with E-state index in [4.69, 9.17) is 5.41 Å². The average molecular weight is 363 g/mol. The molecular formula is C20H21N5S. The van der Waals surface area contributed by atoms with Crippen LogP contribution in [0.1, 0.15) is 16.7 Å². The Morgan fingerprint density at radius 3 is 2.58 bits per heavy atom. The molecule has 0 bridgehead atoms. The van der Waals surface area contributed by atoms with E-state index in [1.54, 1.807) is 0 Å². The molecule has 0 radical (unpaired) electrons. The highest BCUT2D eigenvalue weighted by atomic mass is 32.1. The first kappa shape index (κ1) is 17.9. The van der Waals surface area contributed by atoms with E-state index in [1.165, 1.54) is 18.1 Å². The monoisotopic (exact) mass is 363 g/mol. The lowest BCUT2D eigenvalue weighted by molar-refractivity contribution is 0.996. The van der Waals surface area contributed by atoms with Crippen molar-refractivity contribution in [3.63, 3.8) is 0 Å². The first-order chi connectivity index (χ1) is 12.7. The van der Waals surface area contributed by atoms with Gasteiger partial charge in [-0.05, 0) is 48.7 Å². The second-order valence-corrected chi connectivity index (χ2v) is 6.48. The zero-order valence-corrected chi connectivity index (χ0v) is 15.4. The van der Waals surface area contributed by atoms with Gasteiger partial charge in [-0.15, -0.1) is 12.6 Å². The van der Waals surface area contributed by atoms with Gasteiger partial charge < -0.3 is 16.0 Å². The summed E-state index contributed by atoms with van der Waals surface area (Å²) in [5.74, 6) is 1.26. The lowest BCUT2D eigenvalue weighted by atomic mass is 10.1. The second kappa shape index (κ2) is 8.49. The number of nitrogens with one attached hydrogen (secondary N) is 3. The number of hydrogen-bond acceptors (Lipinski definition) is 6. The molecule has 0 unspecified atom stereocenters. The van der Waals surface area contributed by atoms with Crippen LogP contribution in [0, 0.1) is 12.3 Å². The number of thiol groups is 1. The van der Waals surface area contributed by atoms with Gasteiger partial charge >= 0.3 is 0 Å². The first-order valence-electron chi connectivity index (χ1n) is 8.36. The van der Waals surface area contributed by atoms with Gasteiger partial charge in [0.15, 0.2) is 0 Å². The maximum atomic E-state index is 7.76. The fraction of sp³-hybridized carbons (Fsp3) is 0.150. The predicted molar refractivity (Wildman–Crippen MR) is 110 cm³/mol. The van der Waals surface area contributed by atoms with Gasteiger partial charge in [-0.2, -0.15) is 0 Å². The fourth-order valence-electron chi connectivity index (χ4n) is 2.62. The minimum absolute atomic E-state index is 0.613. The summed E-state index contributed by atoms with van der Waals surface area (Å²) in [6.45, 7) is 2.75. The quantitative estimate of drug-likeness (QED) is 0.369. The highest BCUT2D eigenvalue weighted by Gasteiger charge is 2.09. The molecule has 0 atom stereocenters. The average Bonchev–Trinajstić information content (AvgIpc) is 2.64. The van der Waals surface area contributed by atoms with Crippen LogP contribution in [-0.4, -0.2) is 22.7 Å². The van der Waals surface area contributed by atoms with Gasteiger partial charge in [-0.25, -0.2) is 9.97 Å². The van der Waals surface area contributed by atoms with Crippen molar-refractivity contribution in [2.24, 2.45) is 0 Å². The number of anilines is 3. The molecule has 0 saturated heterocycles. The molecule has 1 aromatic heterocycles. The maximum Gasteiger partial charge on any atom is 0.144 e. The van der Waals surface area contributed by atoms with E-state index in [0.717, 1.165) is 22.6 Å². The summed E-state index contributed by atoms with van der Waals surface area (Å²) in [5.41, 5.74) is 3.95. The van der Waals surface area contributed by atoms with E-state index >= 15 is 0 Å². The third kappa shape index (κ3) is 4.61. The van der Waals surface area contributed by atoms with Gasteiger partial charge in [0.2, 0.25) is 0 Å². The summed E-state index contributed by atoms with van der Waals surface area (Å²) in [4.78, 5) is 9.53. The second-order valence-electron chi connectivity index (χ2n) is 5.97. The van der Waals surface area contributed by atoms with E-state index in [9.17, 15) is 0 Å². The van der Waals surface area contributed by atoms with Crippen molar-refractivity contribution < 1.29 is 0 Å². The van der Waals surface area contributed by atoms with Crippen LogP contribution >= 0.6 is 12.6 Å². The summed E-state index contributed by atoms with van der Waals surface area (Å²) in [6.07, 6.45) is 3.63. The van der Waals surface area contributed by atoms with E-state index in [1.807, 2.05) is 43.3 Å². The minimum Gasteiger partial charge on any atom is -0.369 e. The highest BCUT2D eigenvalue weighted by Crippen LogP contribution is 2.22. The number of aromatic nitrogens is 2. The molecule has 0 fully saturated rings. The Balaban J connectivity index is 1.71. The van der Waals surface area contributed by atoms with Gasteiger partial charge in [0.25, 0.3) is 0 Å². The Morgan fingerprint density at radius 2 is 1.85 bits per heavy atom. The molecule has 3 rings (SSSR count). The molecule has 0 saturated carbocycles. The molecule has 6 heteroatoms. The number of benzene rings is 2. The zero-order valence-electron chi connectivity index (χ0n) is 14.5. The topological polar surface area (TPSA) is 73.7 Å². The number of nitrogens with zero attached hydrogens (tertiary/aromatic N) is 2. The van der Waals surface area contributed by atoms with E-state index in [0.29, 0.717) is 23.7 Å². The highest BCUT2D eigenvalue weighted by molar-refractivity contribution is 7.80. The van der Waals surface area contributed by atoms with Crippen molar-refractivity contribution >= 4 is 36.2 Å². The Morgan fingerprint density at radius 1 is 1.08 bits per heavy atom. The Hall–Kier alpha value is -2.86. The molecule has 26 heavy (non-hydrogen) atoms. The van der Waals surface area contributed by atoms with Crippen molar-refractivity contribution in [2.75, 3.05) is 17.2 Å². The van der Waals surface area contributed by atoms with Crippen molar-refractivity contribution in [3.05, 3.63) is 71.5 Å². The van der Waals surface area contributed by atoms with Gasteiger partial charge in [0.05, 0.1) is 5.56 Å². The van der Waals surface area contributed by atoms with Crippen LogP contribution in [0.5, 0.6) is 0 Å². The molecule has 0 aliphatic rings. The molecule has 5 nitrogen and oxygen atoms in total. The van der Waals surface area contributed by atoms with Crippen LogP contribution in [0.15, 0.2) is 59.8 Å². The lowest BCUT2D eigenvalue weighted by Gasteiger charge is -2.13. The van der Waals surface area contributed by atoms with Crippen LogP contribution < -0.4 is 10.6 Å². The summed E-state index contributed by atoms with van der Waals surface area (Å²) < 4.78 is 0.